The zero-order chi connectivity index (χ0) is 15.9. The number of rotatable bonds is 5. The highest BCUT2D eigenvalue weighted by molar-refractivity contribution is 7.15. The zero-order valence-electron chi connectivity index (χ0n) is 11.7. The van der Waals surface area contributed by atoms with Crippen molar-refractivity contribution in [2.24, 2.45) is 11.8 Å². The van der Waals surface area contributed by atoms with Crippen LogP contribution in [-0.2, 0) is 17.4 Å². The molecule has 2 heterocycles. The van der Waals surface area contributed by atoms with E-state index in [9.17, 15) is 18.0 Å². The molecule has 1 aliphatic rings. The van der Waals surface area contributed by atoms with E-state index in [-0.39, 0.29) is 17.5 Å². The number of aromatic nitrogens is 2. The van der Waals surface area contributed by atoms with Gasteiger partial charge in [0.1, 0.15) is 5.78 Å². The van der Waals surface area contributed by atoms with Gasteiger partial charge in [-0.05, 0) is 30.9 Å². The highest BCUT2D eigenvalue weighted by atomic mass is 32.1. The number of carbonyl (C=O) groups is 1. The average molecular weight is 330 g/mol. The molecule has 0 aliphatic heterocycles. The van der Waals surface area contributed by atoms with E-state index >= 15 is 0 Å². The number of hydrogen-bond acceptors (Lipinski definition) is 5. The summed E-state index contributed by atoms with van der Waals surface area (Å²) in [5.41, 5.74) is 0. The van der Waals surface area contributed by atoms with E-state index < -0.39 is 12.1 Å². The summed E-state index contributed by atoms with van der Waals surface area (Å²) in [6.45, 7) is 2.06. The van der Waals surface area contributed by atoms with Crippen LogP contribution in [0.1, 0.15) is 30.5 Å². The molecule has 0 aromatic carbocycles. The number of ketones is 1. The number of hydrogen-bond donors (Lipinski definition) is 0. The van der Waals surface area contributed by atoms with Gasteiger partial charge in [-0.25, -0.2) is 0 Å². The minimum Gasteiger partial charge on any atom is -0.329 e. The molecule has 0 amide bonds. The van der Waals surface area contributed by atoms with Crippen LogP contribution in [-0.4, -0.2) is 15.9 Å². The molecule has 0 spiro atoms. The molecule has 4 nitrogen and oxygen atoms in total. The fraction of sp³-hybridized carbons (Fsp3) is 0.500. The fourth-order valence-electron chi connectivity index (χ4n) is 2.27. The Morgan fingerprint density at radius 1 is 1.45 bits per heavy atom. The minimum absolute atomic E-state index is 0.0780. The van der Waals surface area contributed by atoms with E-state index in [4.69, 9.17) is 0 Å². The molecule has 1 aliphatic carbocycles. The smallest absolute Gasteiger partial charge is 0.329 e. The maximum Gasteiger partial charge on any atom is 0.471 e. The van der Waals surface area contributed by atoms with Gasteiger partial charge in [0.05, 0.1) is 4.88 Å². The second-order valence-corrected chi connectivity index (χ2v) is 6.64. The Hall–Kier alpha value is -1.70. The molecule has 118 valence electrons. The molecular weight excluding hydrogens is 317 g/mol. The lowest BCUT2D eigenvalue weighted by molar-refractivity contribution is -0.159. The SMILES string of the molecule is CC1CC1C(=O)CCc1ccc(-c2noc(C(F)(F)F)n2)s1. The molecule has 0 bridgehead atoms. The molecule has 3 rings (SSSR count). The molecular formula is C14H13F3N2O2S. The molecule has 1 fully saturated rings. The van der Waals surface area contributed by atoms with E-state index in [2.05, 4.69) is 21.6 Å². The Labute approximate surface area is 128 Å². The fourth-order valence-corrected chi connectivity index (χ4v) is 3.21. The van der Waals surface area contributed by atoms with Gasteiger partial charge in [0.2, 0.25) is 5.82 Å². The van der Waals surface area contributed by atoms with Crippen LogP contribution < -0.4 is 0 Å². The maximum absolute atomic E-state index is 12.4. The normalized spacial score (nSPS) is 21.1. The van der Waals surface area contributed by atoms with Gasteiger partial charge in [0.25, 0.3) is 0 Å². The van der Waals surface area contributed by atoms with Gasteiger partial charge < -0.3 is 4.52 Å². The van der Waals surface area contributed by atoms with E-state index in [0.29, 0.717) is 23.6 Å². The molecule has 2 aromatic rings. The topological polar surface area (TPSA) is 56.0 Å². The van der Waals surface area contributed by atoms with Crippen LogP contribution in [0.25, 0.3) is 10.7 Å². The summed E-state index contributed by atoms with van der Waals surface area (Å²) < 4.78 is 41.5. The third-order valence-electron chi connectivity index (χ3n) is 3.69. The van der Waals surface area contributed by atoms with Crippen LogP contribution >= 0.6 is 11.3 Å². The number of carbonyl (C=O) groups excluding carboxylic acids is 1. The third kappa shape index (κ3) is 3.21. The summed E-state index contributed by atoms with van der Waals surface area (Å²) in [7, 11) is 0. The van der Waals surface area contributed by atoms with Crippen LogP contribution in [0.15, 0.2) is 16.7 Å². The second-order valence-electron chi connectivity index (χ2n) is 5.47. The lowest BCUT2D eigenvalue weighted by atomic mass is 10.1. The molecule has 0 radical (unpaired) electrons. The lowest BCUT2D eigenvalue weighted by Crippen LogP contribution is -2.04. The van der Waals surface area contributed by atoms with Gasteiger partial charge in [-0.1, -0.05) is 12.1 Å². The van der Waals surface area contributed by atoms with Crippen molar-refractivity contribution in [3.8, 4) is 10.7 Å². The van der Waals surface area contributed by atoms with Crippen LogP contribution in [0.4, 0.5) is 13.2 Å². The first kappa shape index (κ1) is 15.2. The number of Topliss-reactive ketones (excluding diaryl/α,β-unsaturated/α-hetero) is 1. The van der Waals surface area contributed by atoms with Crippen molar-refractivity contribution in [1.29, 1.82) is 0 Å². The van der Waals surface area contributed by atoms with Crippen LogP contribution in [0, 0.1) is 11.8 Å². The Bertz CT molecular complexity index is 692. The first-order valence-corrected chi connectivity index (χ1v) is 7.69. The van der Waals surface area contributed by atoms with Gasteiger partial charge >= 0.3 is 12.1 Å². The van der Waals surface area contributed by atoms with Gasteiger partial charge in [0, 0.05) is 17.2 Å². The predicted octanol–water partition coefficient (Wildman–Crippen LogP) is 3.97. The monoisotopic (exact) mass is 330 g/mol. The summed E-state index contributed by atoms with van der Waals surface area (Å²) in [6.07, 6.45) is -2.61. The number of alkyl halides is 3. The third-order valence-corrected chi connectivity index (χ3v) is 4.83. The number of halogens is 3. The van der Waals surface area contributed by atoms with E-state index in [1.807, 2.05) is 0 Å². The molecule has 22 heavy (non-hydrogen) atoms. The first-order chi connectivity index (χ1) is 10.3. The van der Waals surface area contributed by atoms with Crippen LogP contribution in [0.2, 0.25) is 0 Å². The van der Waals surface area contributed by atoms with Crippen LogP contribution in [0.3, 0.4) is 0 Å². The molecule has 2 unspecified atom stereocenters. The Kier molecular flexibility index (Phi) is 3.80. The van der Waals surface area contributed by atoms with Crippen molar-refractivity contribution in [2.75, 3.05) is 0 Å². The van der Waals surface area contributed by atoms with Crippen molar-refractivity contribution in [1.82, 2.24) is 10.1 Å². The van der Waals surface area contributed by atoms with Gasteiger partial charge in [-0.3, -0.25) is 4.79 Å². The van der Waals surface area contributed by atoms with Gasteiger partial charge in [-0.15, -0.1) is 11.3 Å². The second kappa shape index (κ2) is 5.49. The predicted molar refractivity (Wildman–Crippen MR) is 73.2 cm³/mol. The maximum atomic E-state index is 12.4. The van der Waals surface area contributed by atoms with Crippen molar-refractivity contribution >= 4 is 17.1 Å². The molecule has 0 N–H and O–H groups in total. The summed E-state index contributed by atoms with van der Waals surface area (Å²) in [5.74, 6) is -0.472. The average Bonchev–Trinajstić information content (AvgIpc) is 2.89. The summed E-state index contributed by atoms with van der Waals surface area (Å²) >= 11 is 1.28. The standard InChI is InChI=1S/C14H13F3N2O2S/c1-7-6-9(7)10(20)4-2-8-3-5-11(22-8)12-18-13(21-19-12)14(15,16)17/h3,5,7,9H,2,4,6H2,1H3. The molecule has 2 aromatic heterocycles. The molecule has 0 saturated heterocycles. The number of thiophene rings is 1. The zero-order valence-corrected chi connectivity index (χ0v) is 12.5. The highest BCUT2D eigenvalue weighted by Gasteiger charge is 2.39. The largest absolute Gasteiger partial charge is 0.471 e. The quantitative estimate of drug-likeness (QED) is 0.832. The Morgan fingerprint density at radius 3 is 2.77 bits per heavy atom. The van der Waals surface area contributed by atoms with Crippen molar-refractivity contribution in [3.63, 3.8) is 0 Å². The summed E-state index contributed by atoms with van der Waals surface area (Å²) in [6, 6.07) is 3.43. The minimum atomic E-state index is -4.64. The van der Waals surface area contributed by atoms with E-state index in [1.54, 1.807) is 12.1 Å². The first-order valence-electron chi connectivity index (χ1n) is 6.87. The molecule has 8 heteroatoms. The Morgan fingerprint density at radius 2 is 2.18 bits per heavy atom. The van der Waals surface area contributed by atoms with Gasteiger partial charge in [-0.2, -0.15) is 18.2 Å². The molecule has 1 saturated carbocycles. The number of nitrogens with zero attached hydrogens (tertiary/aromatic N) is 2. The Balaban J connectivity index is 1.63. The number of aryl methyl sites for hydroxylation is 1. The van der Waals surface area contributed by atoms with Crippen molar-refractivity contribution in [2.45, 2.75) is 32.4 Å². The van der Waals surface area contributed by atoms with Crippen molar-refractivity contribution < 1.29 is 22.5 Å². The molecule has 2 atom stereocenters. The van der Waals surface area contributed by atoms with E-state index in [1.165, 1.54) is 11.3 Å². The summed E-state index contributed by atoms with van der Waals surface area (Å²) in [5, 5.41) is 3.35. The van der Waals surface area contributed by atoms with E-state index in [0.717, 1.165) is 11.3 Å². The summed E-state index contributed by atoms with van der Waals surface area (Å²) in [4.78, 5) is 16.6. The lowest BCUT2D eigenvalue weighted by Gasteiger charge is -1.97. The van der Waals surface area contributed by atoms with Gasteiger partial charge in [0.15, 0.2) is 0 Å². The highest BCUT2D eigenvalue weighted by Crippen LogP contribution is 2.39. The van der Waals surface area contributed by atoms with Crippen LogP contribution in [0.5, 0.6) is 0 Å². The van der Waals surface area contributed by atoms with Crippen molar-refractivity contribution in [3.05, 3.63) is 22.9 Å².